The minimum absolute atomic E-state index is 0.0313. The summed E-state index contributed by atoms with van der Waals surface area (Å²) in [6, 6.07) is 4.24. The molecule has 0 radical (unpaired) electrons. The maximum Gasteiger partial charge on any atom is 0.416 e. The van der Waals surface area contributed by atoms with Crippen molar-refractivity contribution in [1.82, 2.24) is 0 Å². The molecule has 2 aromatic carbocycles. The molecule has 1 amide bonds. The number of nitro groups is 1. The maximum atomic E-state index is 12.9. The summed E-state index contributed by atoms with van der Waals surface area (Å²) in [5.74, 6) is -1.66. The van der Waals surface area contributed by atoms with E-state index in [1.807, 2.05) is 0 Å². The number of alkyl halides is 3. The number of rotatable bonds is 4. The number of amides is 1. The number of carbonyl (C=O) groups excluding carboxylic acids is 1. The molecule has 0 bridgehead atoms. The molecule has 0 aliphatic carbocycles. The summed E-state index contributed by atoms with van der Waals surface area (Å²) in [4.78, 5) is 23.9. The number of aryl methyl sites for hydroxylation is 1. The summed E-state index contributed by atoms with van der Waals surface area (Å²) in [6.07, 6.45) is -4.82. The summed E-state index contributed by atoms with van der Waals surface area (Å²) in [6.45, 7) is 1.27. The van der Waals surface area contributed by atoms with Crippen molar-refractivity contribution in [2.24, 2.45) is 16.5 Å². The van der Waals surface area contributed by atoms with E-state index < -0.39 is 53.8 Å². The van der Waals surface area contributed by atoms with Gasteiger partial charge in [-0.25, -0.2) is 8.42 Å². The highest BCUT2D eigenvalue weighted by Gasteiger charge is 2.34. The summed E-state index contributed by atoms with van der Waals surface area (Å²) in [7, 11) is -4.72. The van der Waals surface area contributed by atoms with E-state index in [4.69, 9.17) is 11.5 Å². The molecule has 2 rings (SSSR count). The van der Waals surface area contributed by atoms with Crippen LogP contribution in [0.1, 0.15) is 21.5 Å². The lowest BCUT2D eigenvalue weighted by molar-refractivity contribution is -0.387. The number of benzene rings is 2. The Bertz CT molecular complexity index is 1140. The monoisotopic (exact) mass is 430 g/mol. The van der Waals surface area contributed by atoms with Crippen LogP contribution >= 0.6 is 0 Å². The topological polar surface area (TPSA) is 159 Å². The fraction of sp³-hybridized carbons (Fsp3) is 0.125. The molecule has 4 N–H and O–H groups in total. The third-order valence-corrected chi connectivity index (χ3v) is 5.51. The highest BCUT2D eigenvalue weighted by molar-refractivity contribution is 7.91. The van der Waals surface area contributed by atoms with Gasteiger partial charge in [0, 0.05) is 6.07 Å². The van der Waals surface area contributed by atoms with E-state index in [0.29, 0.717) is 18.2 Å². The number of nitrogens with two attached hydrogens (primary N) is 2. The third kappa shape index (κ3) is 4.51. The van der Waals surface area contributed by atoms with Crippen LogP contribution in [0.4, 0.5) is 18.9 Å². The van der Waals surface area contributed by atoms with E-state index in [2.05, 4.69) is 4.99 Å². The van der Waals surface area contributed by atoms with Crippen LogP contribution in [0.3, 0.4) is 0 Å². The van der Waals surface area contributed by atoms with Crippen LogP contribution in [0.2, 0.25) is 0 Å². The van der Waals surface area contributed by atoms with Crippen molar-refractivity contribution in [1.29, 1.82) is 0 Å². The fourth-order valence-electron chi connectivity index (χ4n) is 2.40. The zero-order valence-electron chi connectivity index (χ0n) is 14.6. The van der Waals surface area contributed by atoms with E-state index in [1.165, 1.54) is 6.92 Å². The van der Waals surface area contributed by atoms with Crippen molar-refractivity contribution in [2.45, 2.75) is 22.9 Å². The Balaban J connectivity index is 2.74. The Morgan fingerprint density at radius 1 is 1.17 bits per heavy atom. The van der Waals surface area contributed by atoms with Gasteiger partial charge < -0.3 is 11.5 Å². The Morgan fingerprint density at radius 2 is 1.79 bits per heavy atom. The van der Waals surface area contributed by atoms with E-state index in [-0.39, 0.29) is 11.1 Å². The molecule has 0 saturated carbocycles. The minimum atomic E-state index is -4.82. The molecule has 0 spiro atoms. The zero-order valence-corrected chi connectivity index (χ0v) is 15.4. The number of guanidine groups is 1. The first-order valence-corrected chi connectivity index (χ1v) is 9.09. The van der Waals surface area contributed by atoms with Crippen molar-refractivity contribution >= 4 is 27.4 Å². The van der Waals surface area contributed by atoms with Crippen LogP contribution in [-0.2, 0) is 16.0 Å². The Kier molecular flexibility index (Phi) is 5.64. The smallest absolute Gasteiger partial charge is 0.370 e. The number of nitro benzene ring substituents is 1. The maximum absolute atomic E-state index is 12.9. The van der Waals surface area contributed by atoms with Gasteiger partial charge in [-0.3, -0.25) is 14.9 Å². The summed E-state index contributed by atoms with van der Waals surface area (Å²) in [5, 5.41) is 11.4. The second kappa shape index (κ2) is 7.50. The first-order valence-electron chi connectivity index (χ1n) is 7.60. The zero-order chi connectivity index (χ0) is 22.1. The number of halogens is 3. The predicted octanol–water partition coefficient (Wildman–Crippen LogP) is 2.17. The van der Waals surface area contributed by atoms with Crippen LogP contribution in [-0.4, -0.2) is 25.2 Å². The van der Waals surface area contributed by atoms with Crippen molar-refractivity contribution in [3.05, 3.63) is 63.2 Å². The average molecular weight is 430 g/mol. The second-order valence-corrected chi connectivity index (χ2v) is 7.68. The molecular formula is C16H13F3N4O5S. The normalized spacial score (nSPS) is 11.7. The largest absolute Gasteiger partial charge is 0.416 e. The first kappa shape index (κ1) is 21.8. The third-order valence-electron chi connectivity index (χ3n) is 3.72. The molecule has 0 atom stereocenters. The van der Waals surface area contributed by atoms with Gasteiger partial charge >= 0.3 is 6.18 Å². The fourth-order valence-corrected chi connectivity index (χ4v) is 3.94. The van der Waals surface area contributed by atoms with Gasteiger partial charge in [-0.15, -0.1) is 0 Å². The van der Waals surface area contributed by atoms with Gasteiger partial charge in [0.1, 0.15) is 4.90 Å². The number of nitrogens with zero attached hydrogens (tertiary/aromatic N) is 2. The molecule has 0 saturated heterocycles. The molecule has 0 heterocycles. The quantitative estimate of drug-likeness (QED) is 0.325. The molecule has 0 aromatic heterocycles. The molecule has 0 aliphatic heterocycles. The Hall–Kier alpha value is -3.48. The predicted molar refractivity (Wildman–Crippen MR) is 94.9 cm³/mol. The number of hydrogen-bond donors (Lipinski definition) is 2. The van der Waals surface area contributed by atoms with E-state index >= 15 is 0 Å². The molecule has 0 aliphatic rings. The number of aliphatic imine (C=N–C) groups is 1. The lowest BCUT2D eigenvalue weighted by atomic mass is 10.1. The lowest BCUT2D eigenvalue weighted by Gasteiger charge is -2.11. The van der Waals surface area contributed by atoms with E-state index in [9.17, 15) is 36.5 Å². The Morgan fingerprint density at radius 3 is 2.31 bits per heavy atom. The molecule has 154 valence electrons. The van der Waals surface area contributed by atoms with Crippen molar-refractivity contribution in [3.63, 3.8) is 0 Å². The minimum Gasteiger partial charge on any atom is -0.370 e. The average Bonchev–Trinajstić information content (AvgIpc) is 2.59. The van der Waals surface area contributed by atoms with Gasteiger partial charge in [0.2, 0.25) is 9.84 Å². The van der Waals surface area contributed by atoms with Crippen LogP contribution in [0, 0.1) is 17.0 Å². The van der Waals surface area contributed by atoms with E-state index in [0.717, 1.165) is 18.2 Å². The highest BCUT2D eigenvalue weighted by Crippen LogP contribution is 2.35. The lowest BCUT2D eigenvalue weighted by Crippen LogP contribution is -2.24. The van der Waals surface area contributed by atoms with Crippen molar-refractivity contribution in [3.8, 4) is 0 Å². The number of carbonyl (C=O) groups is 1. The molecule has 29 heavy (non-hydrogen) atoms. The molecule has 0 fully saturated rings. The summed E-state index contributed by atoms with van der Waals surface area (Å²) < 4.78 is 64.4. The highest BCUT2D eigenvalue weighted by atomic mass is 32.2. The van der Waals surface area contributed by atoms with Gasteiger partial charge in [-0.05, 0) is 36.8 Å². The van der Waals surface area contributed by atoms with Crippen LogP contribution in [0.5, 0.6) is 0 Å². The van der Waals surface area contributed by atoms with Gasteiger partial charge in [0.25, 0.3) is 11.6 Å². The molecule has 9 nitrogen and oxygen atoms in total. The summed E-state index contributed by atoms with van der Waals surface area (Å²) >= 11 is 0. The van der Waals surface area contributed by atoms with Crippen LogP contribution in [0.25, 0.3) is 0 Å². The standard InChI is InChI=1S/C16H13F3N4O5S/c1-8-5-13(12(23(25)26)7-11(8)14(24)22-15(20)21)29(27,28)10-4-2-3-9(6-10)16(17,18)19/h2-7H,1H3,(H4,20,21,22,24). The van der Waals surface area contributed by atoms with Gasteiger partial charge in [0.15, 0.2) is 5.96 Å². The Labute approximate surface area is 161 Å². The molecule has 0 unspecified atom stereocenters. The van der Waals surface area contributed by atoms with Gasteiger partial charge in [0.05, 0.1) is 20.9 Å². The molecular weight excluding hydrogens is 417 g/mol. The van der Waals surface area contributed by atoms with Crippen LogP contribution in [0.15, 0.2) is 51.2 Å². The van der Waals surface area contributed by atoms with E-state index in [1.54, 1.807) is 0 Å². The van der Waals surface area contributed by atoms with Crippen molar-refractivity contribution in [2.75, 3.05) is 0 Å². The second-order valence-electron chi connectivity index (χ2n) is 5.76. The molecule has 2 aromatic rings. The SMILES string of the molecule is Cc1cc(S(=O)(=O)c2cccc(C(F)(F)F)c2)c([N+](=O)[O-])cc1C(=O)N=C(N)N. The van der Waals surface area contributed by atoms with Crippen molar-refractivity contribution < 1.29 is 31.3 Å². The molecule has 13 heteroatoms. The number of sulfone groups is 1. The van der Waals surface area contributed by atoms with Gasteiger partial charge in [-0.1, -0.05) is 6.07 Å². The number of hydrogen-bond acceptors (Lipinski definition) is 5. The summed E-state index contributed by atoms with van der Waals surface area (Å²) in [5.41, 5.74) is 7.56. The van der Waals surface area contributed by atoms with Crippen LogP contribution < -0.4 is 11.5 Å². The first-order chi connectivity index (χ1) is 13.2. The van der Waals surface area contributed by atoms with Gasteiger partial charge in [-0.2, -0.15) is 18.2 Å².